The number of aryl methyl sites for hydroxylation is 1. The number of likely N-dealkylation sites (tertiary alicyclic amines) is 1. The molecule has 2 aromatic carbocycles. The van der Waals surface area contributed by atoms with Crippen LogP contribution in [0.4, 0.5) is 14.7 Å². The maximum absolute atomic E-state index is 13.2. The number of hydrogen-bond acceptors (Lipinski definition) is 7. The van der Waals surface area contributed by atoms with E-state index in [1.807, 2.05) is 60.7 Å². The van der Waals surface area contributed by atoms with E-state index in [9.17, 15) is 24.3 Å². The molecule has 1 aromatic heterocycles. The van der Waals surface area contributed by atoms with E-state index in [-0.39, 0.29) is 6.42 Å². The van der Waals surface area contributed by atoms with E-state index in [2.05, 4.69) is 15.6 Å². The molecule has 0 radical (unpaired) electrons. The van der Waals surface area contributed by atoms with Crippen LogP contribution < -0.4 is 10.6 Å². The van der Waals surface area contributed by atoms with Crippen LogP contribution >= 0.6 is 11.3 Å². The topological polar surface area (TPSA) is 138 Å². The number of amides is 4. The quantitative estimate of drug-likeness (QED) is 0.342. The van der Waals surface area contributed by atoms with Crippen LogP contribution in [-0.2, 0) is 20.7 Å². The fraction of sp³-hybridized carbons (Fsp3) is 0.321. The molecular formula is C28H30N4O6S. The summed E-state index contributed by atoms with van der Waals surface area (Å²) < 4.78 is 5.21. The third-order valence-corrected chi connectivity index (χ3v) is 7.06. The second kappa shape index (κ2) is 11.6. The zero-order chi connectivity index (χ0) is 28.2. The molecule has 3 aromatic rings. The Morgan fingerprint density at radius 1 is 1.05 bits per heavy atom. The molecule has 0 aliphatic carbocycles. The monoisotopic (exact) mass is 550 g/mol. The summed E-state index contributed by atoms with van der Waals surface area (Å²) in [6, 6.07) is 15.9. The lowest BCUT2D eigenvalue weighted by Gasteiger charge is -2.43. The van der Waals surface area contributed by atoms with Crippen molar-refractivity contribution in [3.8, 4) is 0 Å². The van der Waals surface area contributed by atoms with Crippen molar-refractivity contribution in [2.45, 2.75) is 51.3 Å². The molecule has 39 heavy (non-hydrogen) atoms. The van der Waals surface area contributed by atoms with Gasteiger partial charge in [0.1, 0.15) is 5.60 Å². The first kappa shape index (κ1) is 27.8. The van der Waals surface area contributed by atoms with Gasteiger partial charge in [-0.3, -0.25) is 10.1 Å². The van der Waals surface area contributed by atoms with Gasteiger partial charge < -0.3 is 15.2 Å². The number of urea groups is 1. The number of imide groups is 1. The Morgan fingerprint density at radius 3 is 2.18 bits per heavy atom. The van der Waals surface area contributed by atoms with Gasteiger partial charge in [0.15, 0.2) is 11.2 Å². The van der Waals surface area contributed by atoms with Crippen LogP contribution in [0.25, 0.3) is 0 Å². The van der Waals surface area contributed by atoms with Gasteiger partial charge in [0.25, 0.3) is 0 Å². The van der Waals surface area contributed by atoms with Gasteiger partial charge in [-0.1, -0.05) is 60.7 Å². The summed E-state index contributed by atoms with van der Waals surface area (Å²) >= 11 is 1.21. The normalized spacial score (nSPS) is 16.9. The van der Waals surface area contributed by atoms with E-state index in [0.717, 1.165) is 20.9 Å². The number of aliphatic carboxylic acids is 1. The number of hydrogen-bond donors (Lipinski definition) is 3. The van der Waals surface area contributed by atoms with Crippen molar-refractivity contribution in [3.05, 3.63) is 82.9 Å². The average molecular weight is 551 g/mol. The number of aromatic nitrogens is 1. The number of β-lactam (4-membered cyclic amide) rings is 1. The summed E-state index contributed by atoms with van der Waals surface area (Å²) in [6.45, 7) is 5.25. The molecule has 2 heterocycles. The number of carbonyl (C=O) groups is 4. The Bertz CT molecular complexity index is 1300. The highest BCUT2D eigenvalue weighted by molar-refractivity contribution is 7.15. The van der Waals surface area contributed by atoms with Crippen LogP contribution in [0.3, 0.4) is 0 Å². The third-order valence-electron chi connectivity index (χ3n) is 6.08. The molecule has 0 saturated carbocycles. The van der Waals surface area contributed by atoms with Crippen molar-refractivity contribution in [2.75, 3.05) is 5.32 Å². The van der Waals surface area contributed by atoms with E-state index in [1.54, 1.807) is 27.0 Å². The average Bonchev–Trinajstić information content (AvgIpc) is 3.32. The first-order valence-electron chi connectivity index (χ1n) is 12.4. The minimum atomic E-state index is -1.28. The highest BCUT2D eigenvalue weighted by Gasteiger charge is 2.54. The van der Waals surface area contributed by atoms with Gasteiger partial charge in [-0.2, -0.15) is 0 Å². The second-order valence-corrected chi connectivity index (χ2v) is 11.2. The Labute approximate surface area is 230 Å². The van der Waals surface area contributed by atoms with Crippen LogP contribution in [-0.4, -0.2) is 50.6 Å². The number of benzene rings is 2. The van der Waals surface area contributed by atoms with Crippen molar-refractivity contribution in [3.63, 3.8) is 0 Å². The second-order valence-electron chi connectivity index (χ2n) is 10.1. The third kappa shape index (κ3) is 6.80. The van der Waals surface area contributed by atoms with Crippen LogP contribution in [0.5, 0.6) is 0 Å². The van der Waals surface area contributed by atoms with Crippen LogP contribution in [0, 0.1) is 5.92 Å². The molecule has 1 aliphatic heterocycles. The summed E-state index contributed by atoms with van der Waals surface area (Å²) in [4.78, 5) is 55.9. The predicted octanol–water partition coefficient (Wildman–Crippen LogP) is 4.83. The van der Waals surface area contributed by atoms with Gasteiger partial charge in [-0.15, -0.1) is 11.3 Å². The van der Waals surface area contributed by atoms with Gasteiger partial charge in [0, 0.05) is 11.1 Å². The Morgan fingerprint density at radius 2 is 1.64 bits per heavy atom. The van der Waals surface area contributed by atoms with Crippen LogP contribution in [0.1, 0.15) is 49.2 Å². The van der Waals surface area contributed by atoms with Crippen molar-refractivity contribution in [1.29, 1.82) is 0 Å². The molecule has 0 bridgehead atoms. The number of ether oxygens (including phenoxy) is 1. The summed E-state index contributed by atoms with van der Waals surface area (Å²) in [5, 5.41) is 15.6. The highest BCUT2D eigenvalue weighted by atomic mass is 32.1. The molecule has 1 aliphatic rings. The maximum atomic E-state index is 13.2. The van der Waals surface area contributed by atoms with Crippen LogP contribution in [0.2, 0.25) is 0 Å². The summed E-state index contributed by atoms with van der Waals surface area (Å²) in [7, 11) is 0. The van der Waals surface area contributed by atoms with Crippen molar-refractivity contribution >= 4 is 40.5 Å². The molecule has 3 N–H and O–H groups in total. The lowest BCUT2D eigenvalue weighted by atomic mass is 9.83. The molecule has 2 atom stereocenters. The standard InChI is InChI=1S/C28H30N4O6S/c1-28(2,3)38-27(37)31-25-29-16-19(39-25)14-15-20-22(24(34)35)32(23(20)33)26(36)30-21(17-10-6-4-7-11-17)18-12-8-5-9-13-18/h4-13,16,20-22H,14-15H2,1-3H3,(H,30,36)(H,34,35)(H,29,31,37)/t20?,22-/m0/s1. The smallest absolute Gasteiger partial charge is 0.413 e. The molecular weight excluding hydrogens is 520 g/mol. The number of rotatable bonds is 8. The summed E-state index contributed by atoms with van der Waals surface area (Å²) in [5.41, 5.74) is 0.949. The number of carboxylic acids is 1. The molecule has 11 heteroatoms. The fourth-order valence-electron chi connectivity index (χ4n) is 4.35. The largest absolute Gasteiger partial charge is 0.480 e. The first-order valence-corrected chi connectivity index (χ1v) is 13.3. The number of nitrogens with one attached hydrogen (secondary N) is 2. The molecule has 204 valence electrons. The lowest BCUT2D eigenvalue weighted by Crippen LogP contribution is -2.68. The predicted molar refractivity (Wildman–Crippen MR) is 145 cm³/mol. The maximum Gasteiger partial charge on any atom is 0.413 e. The molecule has 4 rings (SSSR count). The lowest BCUT2D eigenvalue weighted by molar-refractivity contribution is -0.166. The molecule has 1 fully saturated rings. The van der Waals surface area contributed by atoms with Gasteiger partial charge in [0.2, 0.25) is 5.91 Å². The number of thiazole rings is 1. The van der Waals surface area contributed by atoms with Gasteiger partial charge in [-0.05, 0) is 44.7 Å². The molecule has 10 nitrogen and oxygen atoms in total. The van der Waals surface area contributed by atoms with Gasteiger partial charge in [-0.25, -0.2) is 24.3 Å². The SMILES string of the molecule is CC(C)(C)OC(=O)Nc1ncc(CCC2C(=O)N(C(=O)NC(c3ccccc3)c3ccccc3)[C@@H]2C(=O)O)s1. The zero-order valence-electron chi connectivity index (χ0n) is 21.8. The Hall–Kier alpha value is -4.25. The molecule has 4 amide bonds. The summed E-state index contributed by atoms with van der Waals surface area (Å²) in [5.74, 6) is -2.65. The van der Waals surface area contributed by atoms with Crippen molar-refractivity contribution in [1.82, 2.24) is 15.2 Å². The van der Waals surface area contributed by atoms with E-state index >= 15 is 0 Å². The zero-order valence-corrected chi connectivity index (χ0v) is 22.6. The number of carboxylic acid groups (broad SMARTS) is 1. The van der Waals surface area contributed by atoms with Gasteiger partial charge >= 0.3 is 18.1 Å². The van der Waals surface area contributed by atoms with E-state index < -0.39 is 47.6 Å². The Kier molecular flexibility index (Phi) is 8.29. The molecule has 0 spiro atoms. The molecule has 1 unspecified atom stereocenters. The van der Waals surface area contributed by atoms with Crippen molar-refractivity contribution in [2.24, 2.45) is 5.92 Å². The highest BCUT2D eigenvalue weighted by Crippen LogP contribution is 2.33. The fourth-order valence-corrected chi connectivity index (χ4v) is 5.17. The Balaban J connectivity index is 1.40. The van der Waals surface area contributed by atoms with E-state index in [4.69, 9.17) is 4.74 Å². The minimum Gasteiger partial charge on any atom is -0.480 e. The number of nitrogens with zero attached hydrogens (tertiary/aromatic N) is 2. The van der Waals surface area contributed by atoms with Gasteiger partial charge in [0.05, 0.1) is 12.0 Å². The van der Waals surface area contributed by atoms with E-state index in [0.29, 0.717) is 11.6 Å². The molecule has 1 saturated heterocycles. The first-order chi connectivity index (χ1) is 18.5. The number of anilines is 1. The van der Waals surface area contributed by atoms with Crippen LogP contribution in [0.15, 0.2) is 66.9 Å². The minimum absolute atomic E-state index is 0.217. The van der Waals surface area contributed by atoms with E-state index in [1.165, 1.54) is 11.3 Å². The number of carbonyl (C=O) groups excluding carboxylic acids is 3. The summed E-state index contributed by atoms with van der Waals surface area (Å²) in [6.07, 6.45) is 1.51. The van der Waals surface area contributed by atoms with Crippen molar-refractivity contribution < 1.29 is 29.0 Å².